The lowest BCUT2D eigenvalue weighted by Gasteiger charge is -2.31. The summed E-state index contributed by atoms with van der Waals surface area (Å²) in [5, 5.41) is 0. The highest BCUT2D eigenvalue weighted by atomic mass is 32.2. The predicted molar refractivity (Wildman–Crippen MR) is 121 cm³/mol. The minimum Gasteiger partial charge on any atom is -0.329 e. The van der Waals surface area contributed by atoms with Crippen LogP contribution in [0.15, 0.2) is 53.4 Å². The van der Waals surface area contributed by atoms with E-state index in [2.05, 4.69) is 8.91 Å². The summed E-state index contributed by atoms with van der Waals surface area (Å²) in [6.07, 6.45) is -4.92. The van der Waals surface area contributed by atoms with Gasteiger partial charge in [-0.25, -0.2) is 17.9 Å². The number of carbonyl (C=O) groups is 1. The Balaban J connectivity index is 1.73. The van der Waals surface area contributed by atoms with Gasteiger partial charge in [0.25, 0.3) is 0 Å². The quantitative estimate of drug-likeness (QED) is 0.581. The maximum absolute atomic E-state index is 13.6. The topological polar surface area (TPSA) is 110 Å². The third kappa shape index (κ3) is 6.40. The molecule has 0 amide bonds. The molecule has 8 nitrogen and oxygen atoms in total. The first-order chi connectivity index (χ1) is 16.2. The van der Waals surface area contributed by atoms with Crippen LogP contribution < -0.4 is 4.72 Å². The molecular weight excluding hydrogens is 509 g/mol. The van der Waals surface area contributed by atoms with Crippen molar-refractivity contribution < 1.29 is 39.0 Å². The monoisotopic (exact) mass is 534 g/mol. The molecule has 1 fully saturated rings. The molecule has 192 valence electrons. The number of piperidine rings is 1. The molecule has 0 saturated carbocycles. The van der Waals surface area contributed by atoms with Gasteiger partial charge in [-0.1, -0.05) is 44.2 Å². The Morgan fingerprint density at radius 3 is 2.14 bits per heavy atom. The van der Waals surface area contributed by atoms with Gasteiger partial charge in [0, 0.05) is 19.1 Å². The molecular formula is C22H25F3N2O6S2. The molecule has 3 rings (SSSR count). The Kier molecular flexibility index (Phi) is 7.94. The van der Waals surface area contributed by atoms with E-state index in [9.17, 15) is 34.8 Å². The number of carbonyl (C=O) groups excluding carboxylic acids is 1. The lowest BCUT2D eigenvalue weighted by molar-refractivity contribution is -0.140. The molecule has 0 aliphatic carbocycles. The van der Waals surface area contributed by atoms with Crippen molar-refractivity contribution >= 4 is 26.3 Å². The van der Waals surface area contributed by atoms with Gasteiger partial charge in [-0.2, -0.15) is 25.9 Å². The third-order valence-corrected chi connectivity index (χ3v) is 8.52. The average Bonchev–Trinajstić information content (AvgIpc) is 2.78. The molecule has 0 radical (unpaired) electrons. The zero-order valence-electron chi connectivity index (χ0n) is 18.9. The Hall–Kier alpha value is -2.48. The molecule has 1 aliphatic rings. The molecule has 0 unspecified atom stereocenters. The summed E-state index contributed by atoms with van der Waals surface area (Å²) in [4.78, 5) is 11.3. The summed E-state index contributed by atoms with van der Waals surface area (Å²) in [7, 11) is -9.02. The van der Waals surface area contributed by atoms with Crippen LogP contribution in [0.1, 0.15) is 54.1 Å². The van der Waals surface area contributed by atoms with Gasteiger partial charge in [0.1, 0.15) is 0 Å². The van der Waals surface area contributed by atoms with Gasteiger partial charge in [-0.05, 0) is 42.5 Å². The molecule has 1 N–H and O–H groups in total. The molecule has 13 heteroatoms. The van der Waals surface area contributed by atoms with Crippen LogP contribution in [-0.4, -0.2) is 46.2 Å². The van der Waals surface area contributed by atoms with Crippen molar-refractivity contribution in [2.75, 3.05) is 13.1 Å². The van der Waals surface area contributed by atoms with Gasteiger partial charge in [0.15, 0.2) is 0 Å². The first-order valence-electron chi connectivity index (χ1n) is 10.7. The summed E-state index contributed by atoms with van der Waals surface area (Å²) in [5.41, 5.74) is -1.19. The van der Waals surface area contributed by atoms with E-state index in [4.69, 9.17) is 0 Å². The van der Waals surface area contributed by atoms with E-state index < -0.39 is 54.9 Å². The molecule has 0 atom stereocenters. The summed E-state index contributed by atoms with van der Waals surface area (Å²) in [6.45, 7) is 2.81. The van der Waals surface area contributed by atoms with E-state index in [-0.39, 0.29) is 37.1 Å². The van der Waals surface area contributed by atoms with E-state index in [0.717, 1.165) is 16.4 Å². The number of sulfonamides is 1. The highest BCUT2D eigenvalue weighted by Gasteiger charge is 2.40. The summed E-state index contributed by atoms with van der Waals surface area (Å²) < 4.78 is 99.7. The van der Waals surface area contributed by atoms with Crippen molar-refractivity contribution in [2.24, 2.45) is 0 Å². The number of hydrogen-bond acceptors (Lipinski definition) is 6. The highest BCUT2D eigenvalue weighted by molar-refractivity contribution is 7.89. The first kappa shape index (κ1) is 27.1. The number of nitrogens with zero attached hydrogens (tertiary/aromatic N) is 1. The van der Waals surface area contributed by atoms with Crippen molar-refractivity contribution in [3.63, 3.8) is 0 Å². The molecule has 2 aromatic carbocycles. The fourth-order valence-electron chi connectivity index (χ4n) is 3.78. The van der Waals surface area contributed by atoms with E-state index in [1.165, 1.54) is 18.2 Å². The van der Waals surface area contributed by atoms with Crippen LogP contribution in [0.3, 0.4) is 0 Å². The maximum Gasteiger partial charge on any atom is 0.417 e. The third-order valence-electron chi connectivity index (χ3n) is 5.52. The standard InChI is InChI=1S/C22H25F3N2O6S2/c1-15(2)18-9-6-10-19(22(23,24)25)20(18)34(29,30)26-17-11-13-27(14-12-17)35(31,32)33-21(28)16-7-4-3-5-8-16/h3-10,15,17,26H,11-14H2,1-2H3. The second kappa shape index (κ2) is 10.2. The highest BCUT2D eigenvalue weighted by Crippen LogP contribution is 2.38. The Morgan fingerprint density at radius 1 is 1.00 bits per heavy atom. The van der Waals surface area contributed by atoms with E-state index in [1.54, 1.807) is 32.0 Å². The van der Waals surface area contributed by atoms with Crippen LogP contribution in [0.25, 0.3) is 0 Å². The normalized spacial score (nSPS) is 16.4. The Morgan fingerprint density at radius 2 is 1.60 bits per heavy atom. The fraction of sp³-hybridized carbons (Fsp3) is 0.409. The number of rotatable bonds is 7. The molecule has 35 heavy (non-hydrogen) atoms. The maximum atomic E-state index is 13.6. The van der Waals surface area contributed by atoms with Gasteiger partial charge in [0.05, 0.1) is 16.0 Å². The molecule has 2 aromatic rings. The molecule has 0 bridgehead atoms. The van der Waals surface area contributed by atoms with E-state index >= 15 is 0 Å². The van der Waals surface area contributed by atoms with Gasteiger partial charge in [-0.3, -0.25) is 0 Å². The van der Waals surface area contributed by atoms with Crippen molar-refractivity contribution in [3.8, 4) is 0 Å². The number of benzene rings is 2. The number of alkyl halides is 3. The largest absolute Gasteiger partial charge is 0.417 e. The van der Waals surface area contributed by atoms with Crippen molar-refractivity contribution in [1.29, 1.82) is 0 Å². The summed E-state index contributed by atoms with van der Waals surface area (Å²) in [6, 6.07) is 9.93. The SMILES string of the molecule is CC(C)c1cccc(C(F)(F)F)c1S(=O)(=O)NC1CCN(S(=O)(=O)OC(=O)c2ccccc2)CC1. The van der Waals surface area contributed by atoms with Crippen LogP contribution in [0.5, 0.6) is 0 Å². The van der Waals surface area contributed by atoms with Crippen LogP contribution in [0.2, 0.25) is 0 Å². The minimum absolute atomic E-state index is 0.0213. The summed E-state index contributed by atoms with van der Waals surface area (Å²) in [5.74, 6) is -1.55. The lowest BCUT2D eigenvalue weighted by Crippen LogP contribution is -2.47. The van der Waals surface area contributed by atoms with Gasteiger partial charge >= 0.3 is 22.4 Å². The first-order valence-corrected chi connectivity index (χ1v) is 13.6. The van der Waals surface area contributed by atoms with Gasteiger partial charge in [-0.15, -0.1) is 0 Å². The van der Waals surface area contributed by atoms with E-state index in [0.29, 0.717) is 0 Å². The molecule has 1 heterocycles. The second-order valence-corrected chi connectivity index (χ2v) is 11.6. The second-order valence-electron chi connectivity index (χ2n) is 8.37. The lowest BCUT2D eigenvalue weighted by atomic mass is 10.0. The van der Waals surface area contributed by atoms with Crippen LogP contribution in [-0.2, 0) is 30.7 Å². The number of nitrogens with one attached hydrogen (secondary N) is 1. The van der Waals surface area contributed by atoms with E-state index in [1.807, 2.05) is 0 Å². The smallest absolute Gasteiger partial charge is 0.329 e. The number of halogens is 3. The van der Waals surface area contributed by atoms with Gasteiger partial charge in [0.2, 0.25) is 10.0 Å². The van der Waals surface area contributed by atoms with Gasteiger partial charge < -0.3 is 4.18 Å². The van der Waals surface area contributed by atoms with Crippen LogP contribution in [0, 0.1) is 0 Å². The average molecular weight is 535 g/mol. The van der Waals surface area contributed by atoms with Crippen LogP contribution in [0.4, 0.5) is 13.2 Å². The molecule has 1 aliphatic heterocycles. The van der Waals surface area contributed by atoms with Crippen molar-refractivity contribution in [2.45, 2.75) is 49.7 Å². The molecule has 1 saturated heterocycles. The van der Waals surface area contributed by atoms with Crippen molar-refractivity contribution in [1.82, 2.24) is 9.03 Å². The zero-order valence-corrected chi connectivity index (χ0v) is 20.6. The zero-order chi connectivity index (χ0) is 26.0. The van der Waals surface area contributed by atoms with Crippen molar-refractivity contribution in [3.05, 3.63) is 65.2 Å². The Labute approximate surface area is 202 Å². The minimum atomic E-state index is -4.88. The van der Waals surface area contributed by atoms with Crippen LogP contribution >= 0.6 is 0 Å². The fourth-order valence-corrected chi connectivity index (χ4v) is 6.71. The Bertz CT molecular complexity index is 1270. The predicted octanol–water partition coefficient (Wildman–Crippen LogP) is 3.67. The molecule has 0 aromatic heterocycles. The number of hydrogen-bond donors (Lipinski definition) is 1. The molecule has 0 spiro atoms. The summed E-state index contributed by atoms with van der Waals surface area (Å²) >= 11 is 0.